The first-order valence-corrected chi connectivity index (χ1v) is 7.75. The van der Waals surface area contributed by atoms with Crippen molar-refractivity contribution >= 4 is 10.0 Å². The maximum Gasteiger partial charge on any atom is 0.212 e. The number of aliphatic hydroxyl groups excluding tert-OH is 2. The monoisotopic (exact) mass is 287 g/mol. The molecule has 0 radical (unpaired) electrons. The Morgan fingerprint density at radius 3 is 2.21 bits per heavy atom. The predicted octanol–water partition coefficient (Wildman–Crippen LogP) is 0.453. The van der Waals surface area contributed by atoms with Crippen LogP contribution in [-0.2, 0) is 10.0 Å². The SMILES string of the molecule is CC(CS(=O)(=O)NC(C)(CO)CO)c1ccccc1. The van der Waals surface area contributed by atoms with E-state index in [0.717, 1.165) is 5.56 Å². The number of rotatable bonds is 7. The topological polar surface area (TPSA) is 86.6 Å². The number of sulfonamides is 1. The third-order valence-corrected chi connectivity index (χ3v) is 4.68. The molecule has 1 atom stereocenters. The van der Waals surface area contributed by atoms with Crippen molar-refractivity contribution in [1.29, 1.82) is 0 Å². The van der Waals surface area contributed by atoms with E-state index >= 15 is 0 Å². The third-order valence-electron chi connectivity index (χ3n) is 2.94. The lowest BCUT2D eigenvalue weighted by Gasteiger charge is -2.26. The van der Waals surface area contributed by atoms with Crippen LogP contribution in [0.2, 0.25) is 0 Å². The Morgan fingerprint density at radius 1 is 1.21 bits per heavy atom. The first-order chi connectivity index (χ1) is 8.82. The van der Waals surface area contributed by atoms with Crippen molar-refractivity contribution in [2.75, 3.05) is 19.0 Å². The Labute approximate surface area is 114 Å². The van der Waals surface area contributed by atoms with Gasteiger partial charge in [-0.05, 0) is 18.4 Å². The van der Waals surface area contributed by atoms with Crippen molar-refractivity contribution < 1.29 is 18.6 Å². The van der Waals surface area contributed by atoms with Gasteiger partial charge in [0.2, 0.25) is 10.0 Å². The van der Waals surface area contributed by atoms with Crippen LogP contribution < -0.4 is 4.72 Å². The van der Waals surface area contributed by atoms with Crippen molar-refractivity contribution in [3.63, 3.8) is 0 Å². The molecule has 0 saturated carbocycles. The van der Waals surface area contributed by atoms with Gasteiger partial charge in [-0.1, -0.05) is 37.3 Å². The molecule has 0 fully saturated rings. The molecule has 1 rings (SSSR count). The smallest absolute Gasteiger partial charge is 0.212 e. The van der Waals surface area contributed by atoms with Gasteiger partial charge in [-0.3, -0.25) is 0 Å². The summed E-state index contributed by atoms with van der Waals surface area (Å²) in [5.41, 5.74) is -0.294. The Kier molecular flexibility index (Phi) is 5.49. The quantitative estimate of drug-likeness (QED) is 0.679. The molecule has 3 N–H and O–H groups in total. The molecular weight excluding hydrogens is 266 g/mol. The molecule has 6 heteroatoms. The normalized spacial score (nSPS) is 14.3. The number of benzene rings is 1. The van der Waals surface area contributed by atoms with E-state index in [0.29, 0.717) is 0 Å². The van der Waals surface area contributed by atoms with Gasteiger partial charge in [0.1, 0.15) is 0 Å². The molecule has 0 bridgehead atoms. The molecule has 0 aliphatic heterocycles. The number of hydrogen-bond donors (Lipinski definition) is 3. The van der Waals surface area contributed by atoms with Crippen LogP contribution in [-0.4, -0.2) is 43.1 Å². The summed E-state index contributed by atoms with van der Waals surface area (Å²) < 4.78 is 26.4. The lowest BCUT2D eigenvalue weighted by atomic mass is 10.0. The minimum atomic E-state index is -3.58. The standard InChI is InChI=1S/C13H21NO4S/c1-11(12-6-4-3-5-7-12)8-19(17,18)14-13(2,9-15)10-16/h3-7,11,14-16H,8-10H2,1-2H3. The number of hydrogen-bond acceptors (Lipinski definition) is 4. The van der Waals surface area contributed by atoms with E-state index in [1.807, 2.05) is 37.3 Å². The zero-order valence-electron chi connectivity index (χ0n) is 11.2. The van der Waals surface area contributed by atoms with E-state index < -0.39 is 28.8 Å². The Bertz CT molecular complexity index is 483. The molecule has 0 aliphatic carbocycles. The zero-order valence-corrected chi connectivity index (χ0v) is 12.0. The minimum absolute atomic E-state index is 0.0907. The van der Waals surface area contributed by atoms with Crippen LogP contribution >= 0.6 is 0 Å². The van der Waals surface area contributed by atoms with Gasteiger partial charge in [-0.15, -0.1) is 0 Å². The fourth-order valence-corrected chi connectivity index (χ4v) is 3.55. The van der Waals surface area contributed by atoms with Crippen LogP contribution in [0.1, 0.15) is 25.3 Å². The van der Waals surface area contributed by atoms with E-state index in [1.54, 1.807) is 0 Å². The zero-order chi connectivity index (χ0) is 14.5. The molecule has 1 aromatic carbocycles. The molecule has 5 nitrogen and oxygen atoms in total. The summed E-state index contributed by atoms with van der Waals surface area (Å²) in [6.07, 6.45) is 0. The van der Waals surface area contributed by atoms with Gasteiger partial charge in [-0.25, -0.2) is 13.1 Å². The summed E-state index contributed by atoms with van der Waals surface area (Å²) in [4.78, 5) is 0. The molecule has 0 amide bonds. The number of aliphatic hydroxyl groups is 2. The van der Waals surface area contributed by atoms with Gasteiger partial charge in [0.25, 0.3) is 0 Å². The van der Waals surface area contributed by atoms with Gasteiger partial charge >= 0.3 is 0 Å². The fraction of sp³-hybridized carbons (Fsp3) is 0.538. The molecular formula is C13H21NO4S. The van der Waals surface area contributed by atoms with E-state index in [1.165, 1.54) is 6.92 Å². The van der Waals surface area contributed by atoms with Gasteiger partial charge in [0.15, 0.2) is 0 Å². The molecule has 1 aromatic rings. The highest BCUT2D eigenvalue weighted by molar-refractivity contribution is 7.89. The lowest BCUT2D eigenvalue weighted by molar-refractivity contribution is 0.121. The summed E-state index contributed by atoms with van der Waals surface area (Å²) in [5.74, 6) is -0.257. The Balaban J connectivity index is 2.75. The number of nitrogens with one attached hydrogen (secondary N) is 1. The van der Waals surface area contributed by atoms with Gasteiger partial charge in [0, 0.05) is 0 Å². The van der Waals surface area contributed by atoms with Crippen LogP contribution in [0.5, 0.6) is 0 Å². The Morgan fingerprint density at radius 2 is 1.74 bits per heavy atom. The average Bonchev–Trinajstić information content (AvgIpc) is 2.38. The minimum Gasteiger partial charge on any atom is -0.394 e. The van der Waals surface area contributed by atoms with Gasteiger partial charge in [0.05, 0.1) is 24.5 Å². The molecule has 1 unspecified atom stereocenters. The maximum atomic E-state index is 12.0. The fourth-order valence-electron chi connectivity index (χ4n) is 1.74. The molecule has 0 aromatic heterocycles. The summed E-state index contributed by atoms with van der Waals surface area (Å²) in [6.45, 7) is 2.37. The van der Waals surface area contributed by atoms with E-state index in [-0.39, 0.29) is 11.7 Å². The Hall–Kier alpha value is -0.950. The van der Waals surface area contributed by atoms with Crippen molar-refractivity contribution in [1.82, 2.24) is 4.72 Å². The second-order valence-electron chi connectivity index (χ2n) is 5.07. The molecule has 0 aliphatic rings. The van der Waals surface area contributed by atoms with E-state index in [2.05, 4.69) is 4.72 Å². The summed E-state index contributed by atoms with van der Waals surface area (Å²) in [5, 5.41) is 18.2. The second-order valence-corrected chi connectivity index (χ2v) is 6.84. The lowest BCUT2D eigenvalue weighted by Crippen LogP contribution is -2.52. The average molecular weight is 287 g/mol. The van der Waals surface area contributed by atoms with E-state index in [4.69, 9.17) is 10.2 Å². The second kappa shape index (κ2) is 6.47. The predicted molar refractivity (Wildman–Crippen MR) is 74.4 cm³/mol. The first-order valence-electron chi connectivity index (χ1n) is 6.10. The van der Waals surface area contributed by atoms with E-state index in [9.17, 15) is 8.42 Å². The van der Waals surface area contributed by atoms with Crippen molar-refractivity contribution in [3.8, 4) is 0 Å². The molecule has 0 spiro atoms. The summed E-state index contributed by atoms with van der Waals surface area (Å²) in [6, 6.07) is 9.33. The molecule has 108 valence electrons. The molecule has 19 heavy (non-hydrogen) atoms. The van der Waals surface area contributed by atoms with Crippen LogP contribution in [0, 0.1) is 0 Å². The molecule has 0 saturated heterocycles. The van der Waals surface area contributed by atoms with Crippen LogP contribution in [0.3, 0.4) is 0 Å². The van der Waals surface area contributed by atoms with Crippen molar-refractivity contribution in [3.05, 3.63) is 35.9 Å². The van der Waals surface area contributed by atoms with Crippen LogP contribution in [0.15, 0.2) is 30.3 Å². The summed E-state index contributed by atoms with van der Waals surface area (Å²) in [7, 11) is -3.58. The van der Waals surface area contributed by atoms with Crippen LogP contribution in [0.25, 0.3) is 0 Å². The van der Waals surface area contributed by atoms with Gasteiger partial charge in [-0.2, -0.15) is 0 Å². The van der Waals surface area contributed by atoms with Crippen molar-refractivity contribution in [2.24, 2.45) is 0 Å². The molecule has 0 heterocycles. The summed E-state index contributed by atoms with van der Waals surface area (Å²) >= 11 is 0. The maximum absolute atomic E-state index is 12.0. The largest absolute Gasteiger partial charge is 0.394 e. The van der Waals surface area contributed by atoms with Gasteiger partial charge < -0.3 is 10.2 Å². The first kappa shape index (κ1) is 16.1. The van der Waals surface area contributed by atoms with Crippen molar-refractivity contribution in [2.45, 2.75) is 25.3 Å². The highest BCUT2D eigenvalue weighted by Gasteiger charge is 2.29. The highest BCUT2D eigenvalue weighted by atomic mass is 32.2. The third kappa shape index (κ3) is 4.91. The highest BCUT2D eigenvalue weighted by Crippen LogP contribution is 2.17. The van der Waals surface area contributed by atoms with Crippen LogP contribution in [0.4, 0.5) is 0 Å².